The van der Waals surface area contributed by atoms with Gasteiger partial charge < -0.3 is 20.2 Å². The van der Waals surface area contributed by atoms with Gasteiger partial charge in [-0.2, -0.15) is 14.6 Å². The number of rotatable bonds is 5. The van der Waals surface area contributed by atoms with Crippen LogP contribution >= 0.6 is 0 Å². The topological polar surface area (TPSA) is 133 Å². The van der Waals surface area contributed by atoms with Crippen LogP contribution in [0.25, 0.3) is 22.2 Å². The van der Waals surface area contributed by atoms with E-state index in [1.807, 2.05) is 0 Å². The summed E-state index contributed by atoms with van der Waals surface area (Å²) in [5, 5.41) is 7.86. The molecule has 0 unspecified atom stereocenters. The summed E-state index contributed by atoms with van der Waals surface area (Å²) in [6.45, 7) is 1.63. The molecule has 0 spiro atoms. The van der Waals surface area contributed by atoms with Gasteiger partial charge in [0, 0.05) is 12.3 Å². The fourth-order valence-corrected chi connectivity index (χ4v) is 3.29. The predicted molar refractivity (Wildman–Crippen MR) is 110 cm³/mol. The van der Waals surface area contributed by atoms with E-state index in [1.54, 1.807) is 6.92 Å². The molecule has 1 aromatic carbocycles. The molecular formula is C21H15F2N5O4. The number of aromatic amines is 1. The molecular weight excluding hydrogens is 424 g/mol. The molecule has 162 valence electrons. The summed E-state index contributed by atoms with van der Waals surface area (Å²) in [4.78, 5) is 31.4. The van der Waals surface area contributed by atoms with E-state index in [0.717, 1.165) is 6.07 Å². The number of halogens is 2. The van der Waals surface area contributed by atoms with Crippen LogP contribution in [0.1, 0.15) is 16.2 Å². The van der Waals surface area contributed by atoms with Crippen molar-refractivity contribution < 1.29 is 23.0 Å². The summed E-state index contributed by atoms with van der Waals surface area (Å²) in [6, 6.07) is 4.83. The Kier molecular flexibility index (Phi) is 5.23. The molecule has 9 nitrogen and oxygen atoms in total. The second-order valence-electron chi connectivity index (χ2n) is 6.66. The second kappa shape index (κ2) is 8.02. The lowest BCUT2D eigenvalue weighted by molar-refractivity contribution is 0.0997. The van der Waals surface area contributed by atoms with Gasteiger partial charge in [-0.15, -0.1) is 0 Å². The zero-order valence-electron chi connectivity index (χ0n) is 16.8. The number of nitrogens with two attached hydrogens (primary N) is 1. The third kappa shape index (κ3) is 3.49. The average molecular weight is 439 g/mol. The number of pyridine rings is 2. The minimum atomic E-state index is -1.21. The fraction of sp³-hybridized carbons (Fsp3) is 0.0952. The molecule has 3 N–H and O–H groups in total. The van der Waals surface area contributed by atoms with E-state index in [1.165, 1.54) is 37.7 Å². The Labute approximate surface area is 178 Å². The van der Waals surface area contributed by atoms with E-state index in [4.69, 9.17) is 15.2 Å². The van der Waals surface area contributed by atoms with E-state index in [0.29, 0.717) is 16.8 Å². The monoisotopic (exact) mass is 439 g/mol. The highest BCUT2D eigenvalue weighted by molar-refractivity contribution is 6.03. The van der Waals surface area contributed by atoms with E-state index in [2.05, 4.69) is 20.2 Å². The van der Waals surface area contributed by atoms with Crippen molar-refractivity contribution in [2.24, 2.45) is 5.73 Å². The number of hydrogen-bond donors (Lipinski definition) is 2. The summed E-state index contributed by atoms with van der Waals surface area (Å²) in [5.74, 6) is -3.60. The zero-order chi connectivity index (χ0) is 23.0. The molecule has 0 aliphatic carbocycles. The van der Waals surface area contributed by atoms with Crippen molar-refractivity contribution in [2.45, 2.75) is 6.92 Å². The molecule has 11 heteroatoms. The van der Waals surface area contributed by atoms with Gasteiger partial charge in [0.2, 0.25) is 11.6 Å². The molecule has 4 rings (SSSR count). The van der Waals surface area contributed by atoms with Gasteiger partial charge in [-0.05, 0) is 25.1 Å². The first-order valence-electron chi connectivity index (χ1n) is 9.16. The lowest BCUT2D eigenvalue weighted by Gasteiger charge is -2.15. The Morgan fingerprint density at radius 2 is 1.97 bits per heavy atom. The fourth-order valence-electron chi connectivity index (χ4n) is 3.29. The molecule has 0 bridgehead atoms. The molecule has 0 fully saturated rings. The van der Waals surface area contributed by atoms with E-state index >= 15 is 0 Å². The molecule has 0 aliphatic heterocycles. The lowest BCUT2D eigenvalue weighted by Crippen LogP contribution is -2.17. The third-order valence-corrected chi connectivity index (χ3v) is 4.67. The van der Waals surface area contributed by atoms with E-state index < -0.39 is 28.7 Å². The normalized spacial score (nSPS) is 10.9. The predicted octanol–water partition coefficient (Wildman–Crippen LogP) is 2.87. The van der Waals surface area contributed by atoms with Crippen molar-refractivity contribution in [1.29, 1.82) is 0 Å². The van der Waals surface area contributed by atoms with Crippen LogP contribution in [0.4, 0.5) is 8.78 Å². The van der Waals surface area contributed by atoms with Crippen molar-refractivity contribution in [3.05, 3.63) is 69.9 Å². The highest BCUT2D eigenvalue weighted by Crippen LogP contribution is 2.39. The molecule has 4 aromatic rings. The number of amides is 1. The molecule has 0 saturated carbocycles. The van der Waals surface area contributed by atoms with E-state index in [-0.39, 0.29) is 28.3 Å². The summed E-state index contributed by atoms with van der Waals surface area (Å²) < 4.78 is 38.4. The van der Waals surface area contributed by atoms with Crippen LogP contribution in [0.15, 0.2) is 41.5 Å². The van der Waals surface area contributed by atoms with Crippen molar-refractivity contribution in [3.63, 3.8) is 0 Å². The number of aryl methyl sites for hydroxylation is 1. The van der Waals surface area contributed by atoms with Gasteiger partial charge in [0.1, 0.15) is 5.69 Å². The van der Waals surface area contributed by atoms with Crippen LogP contribution in [0.5, 0.6) is 17.2 Å². The van der Waals surface area contributed by atoms with E-state index in [9.17, 15) is 18.4 Å². The van der Waals surface area contributed by atoms with Gasteiger partial charge in [0.05, 0.1) is 41.2 Å². The maximum atomic E-state index is 14.1. The minimum Gasteiger partial charge on any atom is -0.490 e. The van der Waals surface area contributed by atoms with Crippen LogP contribution in [0.2, 0.25) is 0 Å². The first kappa shape index (κ1) is 20.8. The summed E-state index contributed by atoms with van der Waals surface area (Å²) in [5.41, 5.74) is 5.95. The standard InChI is InChI=1S/C21H15F2N5O4/c1-9-16(12-7-13(29)17-11(27-12)5-6-25-19(17)21(24)30)15(8-26-28-9)32-14-4-3-10(22)18(23)20(14)31-2/h3-8H,1-2H3,(H2,24,30)(H,27,29). The number of benzene rings is 1. The van der Waals surface area contributed by atoms with Crippen LogP contribution in [-0.2, 0) is 0 Å². The molecule has 0 atom stereocenters. The number of ether oxygens (including phenoxy) is 2. The SMILES string of the molecule is COc1c(Oc2cnnc(C)c2-c2cc(=O)c3c(C(N)=O)nccc3[nH]2)ccc(F)c1F. The Morgan fingerprint density at radius 1 is 1.19 bits per heavy atom. The molecule has 3 heterocycles. The number of nitrogens with zero attached hydrogens (tertiary/aromatic N) is 3. The average Bonchev–Trinajstić information content (AvgIpc) is 2.76. The first-order valence-corrected chi connectivity index (χ1v) is 9.16. The molecule has 0 saturated heterocycles. The smallest absolute Gasteiger partial charge is 0.268 e. The van der Waals surface area contributed by atoms with Gasteiger partial charge >= 0.3 is 0 Å². The third-order valence-electron chi connectivity index (χ3n) is 4.67. The van der Waals surface area contributed by atoms with Crippen LogP contribution in [0.3, 0.4) is 0 Å². The molecule has 3 aromatic heterocycles. The van der Waals surface area contributed by atoms with Crippen molar-refractivity contribution in [3.8, 4) is 28.5 Å². The maximum Gasteiger partial charge on any atom is 0.268 e. The highest BCUT2D eigenvalue weighted by Gasteiger charge is 2.21. The number of aromatic nitrogens is 4. The van der Waals surface area contributed by atoms with Crippen LogP contribution in [0, 0.1) is 18.6 Å². The molecule has 0 aliphatic rings. The Bertz CT molecular complexity index is 1440. The van der Waals surface area contributed by atoms with Crippen molar-refractivity contribution >= 4 is 16.8 Å². The summed E-state index contributed by atoms with van der Waals surface area (Å²) in [6.07, 6.45) is 2.59. The summed E-state index contributed by atoms with van der Waals surface area (Å²) >= 11 is 0. The van der Waals surface area contributed by atoms with Crippen LogP contribution < -0.4 is 20.6 Å². The number of H-pyrrole nitrogens is 1. The first-order chi connectivity index (χ1) is 15.3. The lowest BCUT2D eigenvalue weighted by atomic mass is 10.1. The number of fused-ring (bicyclic) bond motifs is 1. The van der Waals surface area contributed by atoms with Gasteiger partial charge in [-0.25, -0.2) is 4.39 Å². The van der Waals surface area contributed by atoms with Gasteiger partial charge in [-0.3, -0.25) is 14.6 Å². The number of primary amides is 1. The Balaban J connectivity index is 1.90. The van der Waals surface area contributed by atoms with Gasteiger partial charge in [-0.1, -0.05) is 0 Å². The number of hydrogen-bond acceptors (Lipinski definition) is 7. The van der Waals surface area contributed by atoms with Crippen molar-refractivity contribution in [2.75, 3.05) is 7.11 Å². The number of carbonyl (C=O) groups is 1. The summed E-state index contributed by atoms with van der Waals surface area (Å²) in [7, 11) is 1.17. The quantitative estimate of drug-likeness (QED) is 0.488. The van der Waals surface area contributed by atoms with Crippen LogP contribution in [-0.4, -0.2) is 33.2 Å². The Morgan fingerprint density at radius 3 is 2.69 bits per heavy atom. The molecule has 32 heavy (non-hydrogen) atoms. The maximum absolute atomic E-state index is 14.1. The largest absolute Gasteiger partial charge is 0.490 e. The number of carbonyl (C=O) groups excluding carboxylic acids is 1. The highest BCUT2D eigenvalue weighted by atomic mass is 19.2. The molecule has 1 amide bonds. The molecule has 0 radical (unpaired) electrons. The Hall–Kier alpha value is -4.41. The zero-order valence-corrected chi connectivity index (χ0v) is 16.8. The van der Waals surface area contributed by atoms with Gasteiger partial charge in [0.25, 0.3) is 5.91 Å². The van der Waals surface area contributed by atoms with Crippen molar-refractivity contribution in [1.82, 2.24) is 20.2 Å². The number of nitrogens with one attached hydrogen (secondary N) is 1. The number of methoxy groups -OCH3 is 1. The van der Waals surface area contributed by atoms with Gasteiger partial charge in [0.15, 0.2) is 22.7 Å². The second-order valence-corrected chi connectivity index (χ2v) is 6.66. The minimum absolute atomic E-state index is 0.0353.